The number of nitrogens with zero attached hydrogens (tertiary/aromatic N) is 4. The summed E-state index contributed by atoms with van der Waals surface area (Å²) >= 11 is 0. The Bertz CT molecular complexity index is 1050. The van der Waals surface area contributed by atoms with Crippen molar-refractivity contribution in [2.24, 2.45) is 0 Å². The van der Waals surface area contributed by atoms with Gasteiger partial charge in [-0.25, -0.2) is 13.4 Å². The first kappa shape index (κ1) is 18.2. The lowest BCUT2D eigenvalue weighted by Gasteiger charge is -2.26. The molecule has 0 amide bonds. The molecule has 28 heavy (non-hydrogen) atoms. The second-order valence-corrected chi connectivity index (χ2v) is 8.70. The van der Waals surface area contributed by atoms with Crippen LogP contribution in [0.5, 0.6) is 5.75 Å². The zero-order valence-corrected chi connectivity index (χ0v) is 16.1. The number of anilines is 3. The molecule has 3 heterocycles. The van der Waals surface area contributed by atoms with Gasteiger partial charge >= 0.3 is 0 Å². The average molecular weight is 400 g/mol. The zero-order valence-electron chi connectivity index (χ0n) is 15.3. The zero-order chi connectivity index (χ0) is 19.6. The quantitative estimate of drug-likeness (QED) is 0.667. The van der Waals surface area contributed by atoms with E-state index in [1.807, 2.05) is 35.2 Å². The van der Waals surface area contributed by atoms with Crippen molar-refractivity contribution >= 4 is 27.4 Å². The van der Waals surface area contributed by atoms with Gasteiger partial charge in [-0.3, -0.25) is 5.10 Å². The molecule has 1 saturated heterocycles. The largest absolute Gasteiger partial charge is 0.497 e. The minimum Gasteiger partial charge on any atom is -0.497 e. The average Bonchev–Trinajstić information content (AvgIpc) is 3.17. The predicted molar refractivity (Wildman–Crippen MR) is 107 cm³/mol. The van der Waals surface area contributed by atoms with Gasteiger partial charge in [0.25, 0.3) is 0 Å². The molecule has 2 aromatic heterocycles. The summed E-state index contributed by atoms with van der Waals surface area (Å²) in [6.45, 7) is 0.797. The van der Waals surface area contributed by atoms with Gasteiger partial charge in [-0.05, 0) is 35.9 Å². The van der Waals surface area contributed by atoms with Crippen molar-refractivity contribution in [3.63, 3.8) is 0 Å². The van der Waals surface area contributed by atoms with E-state index in [4.69, 9.17) is 4.74 Å². The Labute approximate surface area is 162 Å². The molecule has 1 aliphatic rings. The molecule has 3 aromatic rings. The lowest BCUT2D eigenvalue weighted by Crippen LogP contribution is -2.41. The third-order valence-electron chi connectivity index (χ3n) is 4.51. The molecule has 9 nitrogen and oxygen atoms in total. The van der Waals surface area contributed by atoms with E-state index in [0.29, 0.717) is 30.7 Å². The number of H-pyrrole nitrogens is 1. The molecular weight excluding hydrogens is 380 g/mol. The van der Waals surface area contributed by atoms with Crippen LogP contribution < -0.4 is 15.0 Å². The highest BCUT2D eigenvalue weighted by molar-refractivity contribution is 7.91. The van der Waals surface area contributed by atoms with Gasteiger partial charge in [0.15, 0.2) is 15.7 Å². The molecule has 0 atom stereocenters. The number of sulfone groups is 1. The van der Waals surface area contributed by atoms with E-state index in [-0.39, 0.29) is 11.5 Å². The van der Waals surface area contributed by atoms with Gasteiger partial charge in [0.1, 0.15) is 11.6 Å². The maximum atomic E-state index is 11.6. The van der Waals surface area contributed by atoms with Gasteiger partial charge in [0.05, 0.1) is 24.3 Å². The summed E-state index contributed by atoms with van der Waals surface area (Å²) in [6, 6.07) is 11.3. The minimum atomic E-state index is -2.95. The van der Waals surface area contributed by atoms with E-state index in [0.717, 1.165) is 17.0 Å². The van der Waals surface area contributed by atoms with Crippen LogP contribution in [0.1, 0.15) is 0 Å². The summed E-state index contributed by atoms with van der Waals surface area (Å²) < 4.78 is 28.4. The molecule has 4 rings (SSSR count). The van der Waals surface area contributed by atoms with Crippen LogP contribution in [-0.4, -0.2) is 60.3 Å². The fraction of sp³-hybridized carbons (Fsp3) is 0.278. The summed E-state index contributed by atoms with van der Waals surface area (Å²) in [4.78, 5) is 10.6. The number of rotatable bonds is 5. The van der Waals surface area contributed by atoms with Crippen molar-refractivity contribution in [1.82, 2.24) is 20.2 Å². The van der Waals surface area contributed by atoms with Crippen molar-refractivity contribution < 1.29 is 13.2 Å². The van der Waals surface area contributed by atoms with Gasteiger partial charge in [-0.1, -0.05) is 0 Å². The van der Waals surface area contributed by atoms with E-state index >= 15 is 0 Å². The summed E-state index contributed by atoms with van der Waals surface area (Å²) in [5.74, 6) is 2.76. The van der Waals surface area contributed by atoms with Gasteiger partial charge in [0, 0.05) is 25.4 Å². The molecule has 0 unspecified atom stereocenters. The molecule has 0 aliphatic carbocycles. The van der Waals surface area contributed by atoms with E-state index < -0.39 is 9.84 Å². The maximum absolute atomic E-state index is 11.6. The molecule has 2 N–H and O–H groups in total. The van der Waals surface area contributed by atoms with Gasteiger partial charge in [-0.2, -0.15) is 10.1 Å². The smallest absolute Gasteiger partial charge is 0.227 e. The highest BCUT2D eigenvalue weighted by Crippen LogP contribution is 2.24. The van der Waals surface area contributed by atoms with Crippen LogP contribution in [0.2, 0.25) is 0 Å². The molecule has 146 valence electrons. The minimum absolute atomic E-state index is 0.124. The lowest BCUT2D eigenvalue weighted by atomic mass is 10.1. The van der Waals surface area contributed by atoms with Crippen molar-refractivity contribution in [2.75, 3.05) is 41.9 Å². The summed E-state index contributed by atoms with van der Waals surface area (Å²) in [5, 5.41) is 10.4. The Morgan fingerprint density at radius 2 is 1.86 bits per heavy atom. The number of hydrogen-bond donors (Lipinski definition) is 2. The number of ether oxygens (including phenoxy) is 1. The number of aromatic amines is 1. The monoisotopic (exact) mass is 400 g/mol. The van der Waals surface area contributed by atoms with Crippen LogP contribution >= 0.6 is 0 Å². The molecule has 1 fully saturated rings. The molecule has 0 bridgehead atoms. The number of nitrogens with one attached hydrogen (secondary N) is 2. The number of aromatic nitrogens is 4. The van der Waals surface area contributed by atoms with Crippen LogP contribution in [0.4, 0.5) is 17.6 Å². The lowest BCUT2D eigenvalue weighted by molar-refractivity contribution is 0.415. The van der Waals surface area contributed by atoms with Crippen LogP contribution in [0.25, 0.3) is 11.3 Å². The second kappa shape index (κ2) is 7.47. The molecule has 10 heteroatoms. The topological polar surface area (TPSA) is 113 Å². The van der Waals surface area contributed by atoms with E-state index in [2.05, 4.69) is 25.5 Å². The van der Waals surface area contributed by atoms with Gasteiger partial charge in [0.2, 0.25) is 5.95 Å². The van der Waals surface area contributed by atoms with Gasteiger partial charge in [-0.15, -0.1) is 0 Å². The number of methoxy groups -OCH3 is 1. The first-order chi connectivity index (χ1) is 13.5. The van der Waals surface area contributed by atoms with E-state index in [1.165, 1.54) is 0 Å². The molecule has 0 radical (unpaired) electrons. The Morgan fingerprint density at radius 1 is 1.11 bits per heavy atom. The van der Waals surface area contributed by atoms with Crippen LogP contribution in [0, 0.1) is 0 Å². The van der Waals surface area contributed by atoms with Gasteiger partial charge < -0.3 is 15.0 Å². The molecule has 0 saturated carbocycles. The summed E-state index contributed by atoms with van der Waals surface area (Å²) in [6.07, 6.45) is 1.64. The van der Waals surface area contributed by atoms with Crippen molar-refractivity contribution in [3.05, 3.63) is 42.6 Å². The van der Waals surface area contributed by atoms with E-state index in [1.54, 1.807) is 19.4 Å². The highest BCUT2D eigenvalue weighted by Gasteiger charge is 2.23. The third-order valence-corrected chi connectivity index (χ3v) is 6.11. The van der Waals surface area contributed by atoms with Crippen molar-refractivity contribution in [2.45, 2.75) is 0 Å². The number of hydrogen-bond acceptors (Lipinski definition) is 8. The Kier molecular flexibility index (Phi) is 4.86. The standard InChI is InChI=1S/C18H20N6O3S/c1-27-14-4-2-13(3-5-14)15-12-17(23-22-15)20-16-6-7-19-18(21-16)24-8-10-28(25,26)11-9-24/h2-7,12H,8-11H2,1H3,(H2,19,20,21,22,23). The Morgan fingerprint density at radius 3 is 2.57 bits per heavy atom. The summed E-state index contributed by atoms with van der Waals surface area (Å²) in [7, 11) is -1.31. The second-order valence-electron chi connectivity index (χ2n) is 6.40. The van der Waals surface area contributed by atoms with Crippen LogP contribution in [0.3, 0.4) is 0 Å². The SMILES string of the molecule is COc1ccc(-c2cc(Nc3ccnc(N4CCS(=O)(=O)CC4)n3)n[nH]2)cc1. The molecule has 1 aromatic carbocycles. The third kappa shape index (κ3) is 4.06. The Balaban J connectivity index is 1.47. The predicted octanol–water partition coefficient (Wildman–Crippen LogP) is 1.85. The summed E-state index contributed by atoms with van der Waals surface area (Å²) in [5.41, 5.74) is 1.85. The first-order valence-electron chi connectivity index (χ1n) is 8.78. The Hall–Kier alpha value is -3.14. The fourth-order valence-corrected chi connectivity index (χ4v) is 4.12. The van der Waals surface area contributed by atoms with E-state index in [9.17, 15) is 8.42 Å². The highest BCUT2D eigenvalue weighted by atomic mass is 32.2. The molecule has 1 aliphatic heterocycles. The van der Waals surface area contributed by atoms with Crippen molar-refractivity contribution in [3.8, 4) is 17.0 Å². The molecular formula is C18H20N6O3S. The van der Waals surface area contributed by atoms with Crippen LogP contribution in [-0.2, 0) is 9.84 Å². The fourth-order valence-electron chi connectivity index (χ4n) is 2.92. The van der Waals surface area contributed by atoms with Crippen molar-refractivity contribution in [1.29, 1.82) is 0 Å². The molecule has 0 spiro atoms. The maximum Gasteiger partial charge on any atom is 0.227 e. The van der Waals surface area contributed by atoms with Crippen LogP contribution in [0.15, 0.2) is 42.6 Å². The normalized spacial score (nSPS) is 16.0. The first-order valence-corrected chi connectivity index (χ1v) is 10.6. The number of benzene rings is 1.